The van der Waals surface area contributed by atoms with Crippen LogP contribution in [0.2, 0.25) is 0 Å². The van der Waals surface area contributed by atoms with E-state index in [0.29, 0.717) is 12.8 Å². The summed E-state index contributed by atoms with van der Waals surface area (Å²) in [7, 11) is 0. The first-order valence-electron chi connectivity index (χ1n) is 5.91. The lowest BCUT2D eigenvalue weighted by Crippen LogP contribution is -2.39. The molecule has 90 valence electrons. The van der Waals surface area contributed by atoms with Crippen LogP contribution in [0.1, 0.15) is 31.2 Å². The van der Waals surface area contributed by atoms with Gasteiger partial charge in [-0.25, -0.2) is 0 Å². The van der Waals surface area contributed by atoms with Gasteiger partial charge in [-0.3, -0.25) is 4.79 Å². The Morgan fingerprint density at radius 2 is 2.06 bits per heavy atom. The number of carbonyl (C=O) groups is 1. The smallest absolute Gasteiger partial charge is 0.235 e. The number of fused-ring (bicyclic) bond motifs is 2. The van der Waals surface area contributed by atoms with E-state index in [0.717, 1.165) is 28.6 Å². The highest BCUT2D eigenvalue weighted by Gasteiger charge is 2.48. The van der Waals surface area contributed by atoms with E-state index in [4.69, 9.17) is 0 Å². The van der Waals surface area contributed by atoms with Gasteiger partial charge in [-0.2, -0.15) is 0 Å². The van der Waals surface area contributed by atoms with Crippen LogP contribution in [0.3, 0.4) is 0 Å². The van der Waals surface area contributed by atoms with E-state index in [1.54, 1.807) is 0 Å². The molecule has 2 aliphatic rings. The lowest BCUT2D eigenvalue weighted by molar-refractivity contribution is -0.122. The highest BCUT2D eigenvalue weighted by atomic mass is 79.9. The van der Waals surface area contributed by atoms with Crippen LogP contribution >= 0.6 is 15.9 Å². The van der Waals surface area contributed by atoms with Crippen molar-refractivity contribution >= 4 is 27.5 Å². The lowest BCUT2D eigenvalue weighted by atomic mass is 9.69. The van der Waals surface area contributed by atoms with E-state index < -0.39 is 5.41 Å². The first-order valence-corrected chi connectivity index (χ1v) is 6.71. The van der Waals surface area contributed by atoms with Crippen LogP contribution in [0, 0.1) is 0 Å². The Hall–Kier alpha value is -0.870. The molecule has 1 aromatic rings. The molecule has 0 atom stereocenters. The van der Waals surface area contributed by atoms with Crippen LogP contribution < -0.4 is 5.32 Å². The van der Waals surface area contributed by atoms with Crippen molar-refractivity contribution in [3.63, 3.8) is 0 Å². The number of benzene rings is 1. The number of halogens is 1. The molecule has 3 rings (SSSR count). The minimum atomic E-state index is -0.394. The first kappa shape index (κ1) is 11.2. The summed E-state index contributed by atoms with van der Waals surface area (Å²) in [4.78, 5) is 12.2. The maximum absolute atomic E-state index is 12.2. The normalized spacial score (nSPS) is 31.4. The van der Waals surface area contributed by atoms with Crippen LogP contribution in [-0.2, 0) is 10.2 Å². The summed E-state index contributed by atoms with van der Waals surface area (Å²) in [6.45, 7) is 0. The number of aliphatic hydroxyl groups excluding tert-OH is 1. The zero-order chi connectivity index (χ0) is 12.0. The van der Waals surface area contributed by atoms with Gasteiger partial charge in [-0.15, -0.1) is 0 Å². The topological polar surface area (TPSA) is 49.3 Å². The number of anilines is 1. The van der Waals surface area contributed by atoms with E-state index in [9.17, 15) is 9.90 Å². The maximum atomic E-state index is 12.2. The molecule has 1 amide bonds. The monoisotopic (exact) mass is 295 g/mol. The van der Waals surface area contributed by atoms with Gasteiger partial charge in [0, 0.05) is 10.2 Å². The quantitative estimate of drug-likeness (QED) is 0.773. The number of carbonyl (C=O) groups excluding carboxylic acids is 1. The standard InChI is InChI=1S/C13H14BrNO2/c14-8-1-2-10-11(7-8)15-12(17)13(10)5-3-9(16)4-6-13/h1-2,7,9,16H,3-6H2,(H,15,17). The molecule has 1 heterocycles. The Morgan fingerprint density at radius 3 is 2.76 bits per heavy atom. The molecular weight excluding hydrogens is 282 g/mol. The number of rotatable bonds is 0. The number of hydrogen-bond donors (Lipinski definition) is 2. The molecule has 1 spiro atoms. The Morgan fingerprint density at radius 1 is 1.35 bits per heavy atom. The van der Waals surface area contributed by atoms with E-state index >= 15 is 0 Å². The van der Waals surface area contributed by atoms with Crippen molar-refractivity contribution in [3.05, 3.63) is 28.2 Å². The van der Waals surface area contributed by atoms with Gasteiger partial charge < -0.3 is 10.4 Å². The van der Waals surface area contributed by atoms with E-state index in [2.05, 4.69) is 21.2 Å². The number of hydrogen-bond acceptors (Lipinski definition) is 2. The van der Waals surface area contributed by atoms with Crippen LogP contribution in [0.15, 0.2) is 22.7 Å². The highest BCUT2D eigenvalue weighted by Crippen LogP contribution is 2.47. The maximum Gasteiger partial charge on any atom is 0.235 e. The number of amides is 1. The molecule has 0 bridgehead atoms. The number of nitrogens with one attached hydrogen (secondary N) is 1. The summed E-state index contributed by atoms with van der Waals surface area (Å²) < 4.78 is 0.976. The molecule has 17 heavy (non-hydrogen) atoms. The third-order valence-corrected chi connectivity index (χ3v) is 4.48. The van der Waals surface area contributed by atoms with Gasteiger partial charge in [0.1, 0.15) is 0 Å². The summed E-state index contributed by atoms with van der Waals surface area (Å²) in [5.74, 6) is 0.0949. The Kier molecular flexibility index (Phi) is 2.52. The van der Waals surface area contributed by atoms with Crippen molar-refractivity contribution in [3.8, 4) is 0 Å². The van der Waals surface area contributed by atoms with Crippen molar-refractivity contribution in [1.29, 1.82) is 0 Å². The van der Waals surface area contributed by atoms with Crippen LogP contribution in [0.25, 0.3) is 0 Å². The highest BCUT2D eigenvalue weighted by molar-refractivity contribution is 9.10. The van der Waals surface area contributed by atoms with Crippen molar-refractivity contribution < 1.29 is 9.90 Å². The summed E-state index contributed by atoms with van der Waals surface area (Å²) >= 11 is 3.42. The van der Waals surface area contributed by atoms with Gasteiger partial charge >= 0.3 is 0 Å². The molecule has 1 saturated carbocycles. The van der Waals surface area contributed by atoms with Gasteiger partial charge in [0.05, 0.1) is 11.5 Å². The average Bonchev–Trinajstić information content (AvgIpc) is 2.55. The Balaban J connectivity index is 2.05. The largest absolute Gasteiger partial charge is 0.393 e. The molecule has 1 aliphatic carbocycles. The SMILES string of the molecule is O=C1Nc2cc(Br)ccc2C12CCC(O)CC2. The van der Waals surface area contributed by atoms with E-state index in [-0.39, 0.29) is 12.0 Å². The summed E-state index contributed by atoms with van der Waals surface area (Å²) in [5.41, 5.74) is 1.62. The van der Waals surface area contributed by atoms with Gasteiger partial charge in [-0.05, 0) is 43.4 Å². The second-order valence-corrected chi connectivity index (χ2v) is 5.87. The average molecular weight is 296 g/mol. The summed E-state index contributed by atoms with van der Waals surface area (Å²) in [6, 6.07) is 5.95. The number of aliphatic hydroxyl groups is 1. The minimum Gasteiger partial charge on any atom is -0.393 e. The Bertz CT molecular complexity index is 478. The van der Waals surface area contributed by atoms with Crippen molar-refractivity contribution in [1.82, 2.24) is 0 Å². The third-order valence-electron chi connectivity index (χ3n) is 3.99. The van der Waals surface area contributed by atoms with Crippen LogP contribution in [0.5, 0.6) is 0 Å². The molecular formula is C13H14BrNO2. The molecule has 1 fully saturated rings. The molecule has 1 aromatic carbocycles. The predicted octanol–water partition coefficient (Wildman–Crippen LogP) is 2.57. The predicted molar refractivity (Wildman–Crippen MR) is 68.9 cm³/mol. The molecule has 1 aliphatic heterocycles. The first-order chi connectivity index (χ1) is 8.12. The molecule has 0 unspecified atom stereocenters. The van der Waals surface area contributed by atoms with Gasteiger partial charge in [0.15, 0.2) is 0 Å². The van der Waals surface area contributed by atoms with Crippen molar-refractivity contribution in [2.45, 2.75) is 37.2 Å². The van der Waals surface area contributed by atoms with Gasteiger partial charge in [-0.1, -0.05) is 22.0 Å². The zero-order valence-electron chi connectivity index (χ0n) is 9.37. The molecule has 3 nitrogen and oxygen atoms in total. The second kappa shape index (κ2) is 3.82. The lowest BCUT2D eigenvalue weighted by Gasteiger charge is -2.33. The van der Waals surface area contributed by atoms with Gasteiger partial charge in [0.25, 0.3) is 0 Å². The zero-order valence-corrected chi connectivity index (χ0v) is 11.0. The molecule has 2 N–H and O–H groups in total. The van der Waals surface area contributed by atoms with Crippen LogP contribution in [-0.4, -0.2) is 17.1 Å². The third kappa shape index (κ3) is 1.62. The van der Waals surface area contributed by atoms with E-state index in [1.807, 2.05) is 18.2 Å². The molecule has 0 aromatic heterocycles. The minimum absolute atomic E-state index is 0.0949. The van der Waals surface area contributed by atoms with E-state index in [1.165, 1.54) is 0 Å². The fourth-order valence-corrected chi connectivity index (χ4v) is 3.35. The van der Waals surface area contributed by atoms with Crippen molar-refractivity contribution in [2.24, 2.45) is 0 Å². The molecule has 0 radical (unpaired) electrons. The Labute approximate surface area is 108 Å². The summed E-state index contributed by atoms with van der Waals surface area (Å²) in [5, 5.41) is 12.6. The molecule has 0 saturated heterocycles. The fourth-order valence-electron chi connectivity index (χ4n) is 2.99. The second-order valence-electron chi connectivity index (χ2n) is 4.96. The van der Waals surface area contributed by atoms with Crippen LogP contribution in [0.4, 0.5) is 5.69 Å². The summed E-state index contributed by atoms with van der Waals surface area (Å²) in [6.07, 6.45) is 2.67. The fraction of sp³-hybridized carbons (Fsp3) is 0.462. The van der Waals surface area contributed by atoms with Gasteiger partial charge in [0.2, 0.25) is 5.91 Å². The molecule has 4 heteroatoms. The van der Waals surface area contributed by atoms with Crippen molar-refractivity contribution in [2.75, 3.05) is 5.32 Å².